The van der Waals surface area contributed by atoms with Gasteiger partial charge in [-0.05, 0) is 61.9 Å². The molecule has 0 aliphatic heterocycles. The van der Waals surface area contributed by atoms with Crippen molar-refractivity contribution in [1.29, 1.82) is 0 Å². The van der Waals surface area contributed by atoms with Crippen LogP contribution in [-0.4, -0.2) is 52.3 Å². The first-order valence-electron chi connectivity index (χ1n) is 8.78. The van der Waals surface area contributed by atoms with Crippen molar-refractivity contribution in [3.63, 3.8) is 0 Å². The summed E-state index contributed by atoms with van der Waals surface area (Å²) in [4.78, 5) is 23.1. The molecule has 0 saturated carbocycles. The number of amides is 1. The lowest BCUT2D eigenvalue weighted by atomic mass is 10.2. The van der Waals surface area contributed by atoms with Crippen LogP contribution in [0.4, 0.5) is 4.79 Å². The van der Waals surface area contributed by atoms with Crippen LogP contribution in [0, 0.1) is 3.57 Å². The molecule has 0 aliphatic rings. The molecule has 1 aromatic carbocycles. The molecule has 0 unspecified atom stereocenters. The fourth-order valence-electron chi connectivity index (χ4n) is 2.39. The molecule has 1 rings (SSSR count). The third-order valence-corrected chi connectivity index (χ3v) is 7.68. The Hall–Kier alpha value is -1.21. The van der Waals surface area contributed by atoms with Crippen LogP contribution in [0.3, 0.4) is 0 Å². The monoisotopic (exact) mass is 511 g/mol. The summed E-state index contributed by atoms with van der Waals surface area (Å²) in [6.07, 6.45) is -0.0416. The maximum absolute atomic E-state index is 12.0. The summed E-state index contributed by atoms with van der Waals surface area (Å²) in [5, 5.41) is 11.8. The van der Waals surface area contributed by atoms with Gasteiger partial charge in [-0.3, -0.25) is 0 Å². The Kier molecular flexibility index (Phi) is 10.8. The van der Waals surface area contributed by atoms with E-state index in [0.717, 1.165) is 0 Å². The van der Waals surface area contributed by atoms with Crippen molar-refractivity contribution in [2.45, 2.75) is 33.2 Å². The molecule has 0 spiro atoms. The van der Waals surface area contributed by atoms with Gasteiger partial charge in [0.05, 0.1) is 9.13 Å². The summed E-state index contributed by atoms with van der Waals surface area (Å²) in [5.74, 6) is -0.871. The van der Waals surface area contributed by atoms with Crippen LogP contribution in [0.1, 0.15) is 37.6 Å². The van der Waals surface area contributed by atoms with Gasteiger partial charge in [-0.15, -0.1) is 0 Å². The minimum atomic E-state index is -2.73. The Bertz CT molecular complexity index is 612. The van der Waals surface area contributed by atoms with E-state index in [1.807, 2.05) is 43.4 Å². The van der Waals surface area contributed by atoms with Crippen LogP contribution in [-0.2, 0) is 13.3 Å². The summed E-state index contributed by atoms with van der Waals surface area (Å²) in [5.41, 5.74) is 0.0850. The molecule has 2 N–H and O–H groups in total. The first kappa shape index (κ1) is 23.8. The van der Waals surface area contributed by atoms with Gasteiger partial charge in [-0.2, -0.15) is 0 Å². The van der Waals surface area contributed by atoms with E-state index in [0.29, 0.717) is 42.4 Å². The third kappa shape index (κ3) is 7.74. The highest BCUT2D eigenvalue weighted by atomic mass is 127. The average molecular weight is 511 g/mol. The third-order valence-electron chi connectivity index (χ3n) is 3.42. The Morgan fingerprint density at radius 3 is 2.22 bits per heavy atom. The van der Waals surface area contributed by atoms with E-state index in [1.54, 1.807) is 6.07 Å². The van der Waals surface area contributed by atoms with Gasteiger partial charge in [-0.1, -0.05) is 6.07 Å². The number of hydrogen-bond donors (Lipinski definition) is 2. The molecule has 8 nitrogen and oxygen atoms in total. The number of carboxylic acids is 1. The lowest BCUT2D eigenvalue weighted by molar-refractivity contribution is 0.0691. The van der Waals surface area contributed by atoms with Crippen molar-refractivity contribution in [2.75, 3.05) is 26.4 Å². The van der Waals surface area contributed by atoms with E-state index in [4.69, 9.17) is 23.1 Å². The van der Waals surface area contributed by atoms with Crippen LogP contribution < -0.4 is 10.1 Å². The van der Waals surface area contributed by atoms with E-state index in [-0.39, 0.29) is 11.3 Å². The van der Waals surface area contributed by atoms with Gasteiger partial charge in [0.25, 0.3) is 0 Å². The zero-order valence-corrected chi connectivity index (χ0v) is 18.9. The molecule has 0 aromatic heterocycles. The Balaban J connectivity index is 2.55. The molecule has 27 heavy (non-hydrogen) atoms. The topological polar surface area (TPSA) is 103 Å². The van der Waals surface area contributed by atoms with Gasteiger partial charge in [-0.25, -0.2) is 9.59 Å². The fraction of sp³-hybridized carbons (Fsp3) is 0.529. The number of carbonyl (C=O) groups is 2. The molecule has 0 atom stereocenters. The first-order valence-corrected chi connectivity index (χ1v) is 11.8. The molecule has 0 bridgehead atoms. The average Bonchev–Trinajstić information content (AvgIpc) is 2.61. The predicted molar refractivity (Wildman–Crippen MR) is 110 cm³/mol. The Morgan fingerprint density at radius 1 is 1.11 bits per heavy atom. The Labute approximate surface area is 174 Å². The van der Waals surface area contributed by atoms with Crippen LogP contribution in [0.15, 0.2) is 18.2 Å². The number of carbonyl (C=O) groups excluding carboxylic acids is 1. The van der Waals surface area contributed by atoms with E-state index in [9.17, 15) is 9.59 Å². The van der Waals surface area contributed by atoms with E-state index < -0.39 is 20.9 Å². The van der Waals surface area contributed by atoms with E-state index >= 15 is 0 Å². The minimum absolute atomic E-state index is 0.0850. The summed E-state index contributed by atoms with van der Waals surface area (Å²) >= 11 is 1.84. The molecule has 1 aromatic rings. The molecule has 0 heterocycles. The van der Waals surface area contributed by atoms with Crippen LogP contribution in [0.5, 0.6) is 5.75 Å². The second-order valence-corrected chi connectivity index (χ2v) is 9.14. The highest BCUT2D eigenvalue weighted by molar-refractivity contribution is 14.1. The highest BCUT2D eigenvalue weighted by Crippen LogP contribution is 2.24. The number of aromatic carboxylic acids is 1. The number of carboxylic acid groups (broad SMARTS) is 1. The van der Waals surface area contributed by atoms with E-state index in [1.165, 1.54) is 12.1 Å². The molecule has 0 fully saturated rings. The molecule has 1 amide bonds. The second-order valence-electron chi connectivity index (χ2n) is 5.32. The standard InChI is InChI=1S/C17H26INO7Si/c1-4-23-27(24-5-2,25-6-3)12-8-11-19-17(22)26-14-10-7-9-13(15(14)18)16(20)21/h7,9-10H,4-6,8,11-12H2,1-3H3,(H,19,22)(H,20,21). The van der Waals surface area contributed by atoms with Gasteiger partial charge in [0, 0.05) is 32.4 Å². The normalized spacial score (nSPS) is 11.3. The summed E-state index contributed by atoms with van der Waals surface area (Å²) in [6, 6.07) is 5.11. The molecular formula is C17H26INO7Si. The molecular weight excluding hydrogens is 485 g/mol. The number of hydrogen-bond acceptors (Lipinski definition) is 6. The lowest BCUT2D eigenvalue weighted by Gasteiger charge is -2.28. The lowest BCUT2D eigenvalue weighted by Crippen LogP contribution is -2.46. The maximum Gasteiger partial charge on any atom is 0.500 e. The first-order chi connectivity index (χ1) is 12.9. The SMILES string of the molecule is CCO[Si](CCCNC(=O)Oc1cccc(C(=O)O)c1I)(OCC)OCC. The van der Waals surface area contributed by atoms with Crippen molar-refractivity contribution in [3.05, 3.63) is 27.3 Å². The number of halogens is 1. The zero-order valence-electron chi connectivity index (χ0n) is 15.7. The molecule has 10 heteroatoms. The van der Waals surface area contributed by atoms with Gasteiger partial charge in [0.2, 0.25) is 0 Å². The largest absolute Gasteiger partial charge is 0.500 e. The zero-order chi connectivity index (χ0) is 20.3. The van der Waals surface area contributed by atoms with Crippen LogP contribution >= 0.6 is 22.6 Å². The van der Waals surface area contributed by atoms with Crippen molar-refractivity contribution >= 4 is 43.5 Å². The summed E-state index contributed by atoms with van der Waals surface area (Å²) in [7, 11) is -2.73. The predicted octanol–water partition coefficient (Wildman–Crippen LogP) is 3.52. The van der Waals surface area contributed by atoms with Crippen LogP contribution in [0.25, 0.3) is 0 Å². The number of benzene rings is 1. The van der Waals surface area contributed by atoms with Crippen LogP contribution in [0.2, 0.25) is 6.04 Å². The number of ether oxygens (including phenoxy) is 1. The van der Waals surface area contributed by atoms with Crippen molar-refractivity contribution in [2.24, 2.45) is 0 Å². The van der Waals surface area contributed by atoms with Crippen molar-refractivity contribution < 1.29 is 32.7 Å². The maximum atomic E-state index is 12.0. The quantitative estimate of drug-likeness (QED) is 0.252. The van der Waals surface area contributed by atoms with Gasteiger partial charge >= 0.3 is 20.9 Å². The second kappa shape index (κ2) is 12.3. The minimum Gasteiger partial charge on any atom is -0.478 e. The molecule has 0 aliphatic carbocycles. The van der Waals surface area contributed by atoms with Crippen molar-refractivity contribution in [1.82, 2.24) is 5.32 Å². The van der Waals surface area contributed by atoms with Crippen molar-refractivity contribution in [3.8, 4) is 5.75 Å². The Morgan fingerprint density at radius 2 is 1.70 bits per heavy atom. The highest BCUT2D eigenvalue weighted by Gasteiger charge is 2.39. The molecule has 0 radical (unpaired) electrons. The van der Waals surface area contributed by atoms with E-state index in [2.05, 4.69) is 5.32 Å². The summed E-state index contributed by atoms with van der Waals surface area (Å²) in [6.45, 7) is 7.53. The smallest absolute Gasteiger partial charge is 0.478 e. The summed E-state index contributed by atoms with van der Waals surface area (Å²) < 4.78 is 22.9. The van der Waals surface area contributed by atoms with Gasteiger partial charge in [0.15, 0.2) is 0 Å². The van der Waals surface area contributed by atoms with Gasteiger partial charge < -0.3 is 28.4 Å². The van der Waals surface area contributed by atoms with Gasteiger partial charge in [0.1, 0.15) is 5.75 Å². The number of nitrogens with one attached hydrogen (secondary N) is 1. The number of rotatable bonds is 12. The molecule has 152 valence electrons. The molecule has 0 saturated heterocycles. The fourth-order valence-corrected chi connectivity index (χ4v) is 5.70.